The molecule has 0 radical (unpaired) electrons. The molecule has 1 atom stereocenters. The number of aliphatic imine (C=N–C) groups is 1. The Labute approximate surface area is 186 Å². The van der Waals surface area contributed by atoms with Gasteiger partial charge in [0.15, 0.2) is 5.96 Å². The molecule has 1 aliphatic heterocycles. The van der Waals surface area contributed by atoms with Crippen molar-refractivity contribution in [1.82, 2.24) is 15.5 Å². The summed E-state index contributed by atoms with van der Waals surface area (Å²) in [6.45, 7) is 5.82. The second-order valence-electron chi connectivity index (χ2n) is 8.29. The molecule has 1 heterocycles. The third-order valence-corrected chi connectivity index (χ3v) is 5.56. The molecule has 1 aliphatic rings. The lowest BCUT2D eigenvalue weighted by Gasteiger charge is -2.18. The van der Waals surface area contributed by atoms with Crippen molar-refractivity contribution in [3.63, 3.8) is 0 Å². The molecule has 1 unspecified atom stereocenters. The van der Waals surface area contributed by atoms with E-state index in [-0.39, 0.29) is 5.91 Å². The number of guanidine groups is 1. The Morgan fingerprint density at radius 3 is 2.61 bits per heavy atom. The van der Waals surface area contributed by atoms with Gasteiger partial charge in [-0.3, -0.25) is 4.79 Å². The van der Waals surface area contributed by atoms with E-state index < -0.39 is 0 Å². The van der Waals surface area contributed by atoms with Crippen LogP contribution in [0, 0.1) is 5.92 Å². The lowest BCUT2D eigenvalue weighted by molar-refractivity contribution is -0.127. The lowest BCUT2D eigenvalue weighted by atomic mass is 10.1. The van der Waals surface area contributed by atoms with Crippen LogP contribution in [0.25, 0.3) is 0 Å². The number of likely N-dealkylation sites (tertiary alicyclic amines) is 1. The summed E-state index contributed by atoms with van der Waals surface area (Å²) in [5.74, 6) is 1.36. The van der Waals surface area contributed by atoms with E-state index in [4.69, 9.17) is 4.99 Å². The molecular formula is C25H35N5O. The number of nitrogens with one attached hydrogen (secondary N) is 2. The zero-order valence-corrected chi connectivity index (χ0v) is 19.0. The summed E-state index contributed by atoms with van der Waals surface area (Å²) in [5, 5.41) is 6.75. The van der Waals surface area contributed by atoms with E-state index in [1.54, 1.807) is 0 Å². The number of carbonyl (C=O) groups excluding carboxylic acids is 1. The maximum atomic E-state index is 12.4. The van der Waals surface area contributed by atoms with Gasteiger partial charge in [0.05, 0.1) is 6.54 Å². The van der Waals surface area contributed by atoms with Crippen LogP contribution in [-0.4, -0.2) is 57.0 Å². The van der Waals surface area contributed by atoms with Crippen molar-refractivity contribution in [2.75, 3.05) is 45.2 Å². The normalized spacial score (nSPS) is 16.5. The number of amides is 1. The summed E-state index contributed by atoms with van der Waals surface area (Å²) >= 11 is 0. The van der Waals surface area contributed by atoms with Crippen molar-refractivity contribution in [2.45, 2.75) is 26.3 Å². The van der Waals surface area contributed by atoms with E-state index in [9.17, 15) is 4.79 Å². The van der Waals surface area contributed by atoms with Gasteiger partial charge >= 0.3 is 0 Å². The minimum Gasteiger partial charge on any atom is -0.378 e. The molecule has 2 aromatic rings. The second-order valence-corrected chi connectivity index (χ2v) is 8.29. The Bertz CT molecular complexity index is 865. The fourth-order valence-corrected chi connectivity index (χ4v) is 3.80. The lowest BCUT2D eigenvalue weighted by Crippen LogP contribution is -2.40. The molecule has 166 valence electrons. The number of rotatable bonds is 9. The number of hydrogen-bond acceptors (Lipinski definition) is 3. The Kier molecular flexibility index (Phi) is 8.33. The smallest absolute Gasteiger partial charge is 0.223 e. The van der Waals surface area contributed by atoms with E-state index in [1.165, 1.54) is 16.8 Å². The quantitative estimate of drug-likeness (QED) is 0.483. The van der Waals surface area contributed by atoms with E-state index in [0.717, 1.165) is 38.6 Å². The van der Waals surface area contributed by atoms with Gasteiger partial charge in [-0.25, -0.2) is 4.99 Å². The summed E-state index contributed by atoms with van der Waals surface area (Å²) in [7, 11) is 4.08. The summed E-state index contributed by atoms with van der Waals surface area (Å²) < 4.78 is 0. The average molecular weight is 422 g/mol. The van der Waals surface area contributed by atoms with Gasteiger partial charge < -0.3 is 20.4 Å². The van der Waals surface area contributed by atoms with E-state index in [2.05, 4.69) is 58.9 Å². The first-order valence-corrected chi connectivity index (χ1v) is 11.1. The number of nitrogens with zero attached hydrogens (tertiary/aromatic N) is 3. The minimum absolute atomic E-state index is 0.255. The zero-order chi connectivity index (χ0) is 22.1. The molecule has 6 heteroatoms. The van der Waals surface area contributed by atoms with Crippen molar-refractivity contribution in [1.29, 1.82) is 0 Å². The largest absolute Gasteiger partial charge is 0.378 e. The van der Waals surface area contributed by atoms with Gasteiger partial charge in [0, 0.05) is 58.3 Å². The summed E-state index contributed by atoms with van der Waals surface area (Å²) in [4.78, 5) is 21.2. The Morgan fingerprint density at radius 1 is 1.10 bits per heavy atom. The van der Waals surface area contributed by atoms with E-state index in [0.29, 0.717) is 18.9 Å². The summed E-state index contributed by atoms with van der Waals surface area (Å²) in [6, 6.07) is 18.8. The molecule has 1 amide bonds. The highest BCUT2D eigenvalue weighted by Gasteiger charge is 2.29. The fourth-order valence-electron chi connectivity index (χ4n) is 3.80. The fraction of sp³-hybridized carbons (Fsp3) is 0.440. The van der Waals surface area contributed by atoms with Crippen LogP contribution in [0.4, 0.5) is 5.69 Å². The van der Waals surface area contributed by atoms with Crippen LogP contribution in [0.1, 0.15) is 24.5 Å². The second kappa shape index (κ2) is 11.4. The molecule has 3 rings (SSSR count). The number of carbonyl (C=O) groups is 1. The molecular weight excluding hydrogens is 386 g/mol. The Hall–Kier alpha value is -3.02. The maximum Gasteiger partial charge on any atom is 0.223 e. The van der Waals surface area contributed by atoms with Gasteiger partial charge in [-0.2, -0.15) is 0 Å². The Balaban J connectivity index is 1.50. The van der Waals surface area contributed by atoms with Crippen molar-refractivity contribution in [2.24, 2.45) is 10.9 Å². The average Bonchev–Trinajstić information content (AvgIpc) is 3.14. The molecule has 2 N–H and O–H groups in total. The third-order valence-electron chi connectivity index (χ3n) is 5.56. The SMILES string of the molecule is CCNC(=NCc1cccc(N(C)C)c1)NCC1CC(=O)N(CCc2ccccc2)C1. The van der Waals surface area contributed by atoms with Crippen molar-refractivity contribution >= 4 is 17.6 Å². The van der Waals surface area contributed by atoms with Gasteiger partial charge in [-0.1, -0.05) is 42.5 Å². The molecule has 1 fully saturated rings. The molecule has 0 saturated carbocycles. The van der Waals surface area contributed by atoms with Gasteiger partial charge in [-0.15, -0.1) is 0 Å². The van der Waals surface area contributed by atoms with Gasteiger partial charge in [0.2, 0.25) is 5.91 Å². The minimum atomic E-state index is 0.255. The summed E-state index contributed by atoms with van der Waals surface area (Å²) in [5.41, 5.74) is 3.62. The topological polar surface area (TPSA) is 60.0 Å². The molecule has 1 saturated heterocycles. The molecule has 2 aromatic carbocycles. The van der Waals surface area contributed by atoms with E-state index >= 15 is 0 Å². The van der Waals surface area contributed by atoms with Crippen LogP contribution < -0.4 is 15.5 Å². The molecule has 0 bridgehead atoms. The molecule has 0 aliphatic carbocycles. The van der Waals surface area contributed by atoms with Crippen LogP contribution in [0.3, 0.4) is 0 Å². The maximum absolute atomic E-state index is 12.4. The molecule has 31 heavy (non-hydrogen) atoms. The Morgan fingerprint density at radius 2 is 1.87 bits per heavy atom. The molecule has 6 nitrogen and oxygen atoms in total. The van der Waals surface area contributed by atoms with Crippen LogP contribution in [0.5, 0.6) is 0 Å². The highest BCUT2D eigenvalue weighted by Crippen LogP contribution is 2.18. The number of anilines is 1. The zero-order valence-electron chi connectivity index (χ0n) is 19.0. The van der Waals surface area contributed by atoms with Crippen LogP contribution in [0.15, 0.2) is 59.6 Å². The van der Waals surface area contributed by atoms with Crippen molar-refractivity contribution < 1.29 is 4.79 Å². The highest BCUT2D eigenvalue weighted by atomic mass is 16.2. The molecule has 0 spiro atoms. The van der Waals surface area contributed by atoms with Gasteiger partial charge in [-0.05, 0) is 36.6 Å². The van der Waals surface area contributed by atoms with E-state index in [1.807, 2.05) is 37.2 Å². The molecule has 0 aromatic heterocycles. The predicted octanol–water partition coefficient (Wildman–Crippen LogP) is 2.90. The monoisotopic (exact) mass is 421 g/mol. The number of hydrogen-bond donors (Lipinski definition) is 2. The van der Waals surface area contributed by atoms with Crippen LogP contribution in [-0.2, 0) is 17.8 Å². The van der Waals surface area contributed by atoms with Gasteiger partial charge in [0.25, 0.3) is 0 Å². The van der Waals surface area contributed by atoms with Gasteiger partial charge in [0.1, 0.15) is 0 Å². The standard InChI is InChI=1S/C25H35N5O/c1-4-26-25(27-17-21-11-8-12-23(15-21)29(2)3)28-18-22-16-24(31)30(19-22)14-13-20-9-6-5-7-10-20/h5-12,15,22H,4,13-14,16-19H2,1-3H3,(H2,26,27,28). The third kappa shape index (κ3) is 7.02. The summed E-state index contributed by atoms with van der Waals surface area (Å²) in [6.07, 6.45) is 1.51. The first-order valence-electron chi connectivity index (χ1n) is 11.1. The predicted molar refractivity (Wildman–Crippen MR) is 128 cm³/mol. The van der Waals surface area contributed by atoms with Crippen LogP contribution in [0.2, 0.25) is 0 Å². The first-order chi connectivity index (χ1) is 15.0. The van der Waals surface area contributed by atoms with Crippen LogP contribution >= 0.6 is 0 Å². The number of benzene rings is 2. The first kappa shape index (κ1) is 22.7. The van der Waals surface area contributed by atoms with Crippen molar-refractivity contribution in [3.8, 4) is 0 Å². The van der Waals surface area contributed by atoms with Crippen molar-refractivity contribution in [3.05, 3.63) is 65.7 Å². The highest BCUT2D eigenvalue weighted by molar-refractivity contribution is 5.81.